The van der Waals surface area contributed by atoms with E-state index in [0.717, 1.165) is 35.8 Å². The molecule has 1 atom stereocenters. The van der Waals surface area contributed by atoms with Gasteiger partial charge in [0.25, 0.3) is 0 Å². The van der Waals surface area contributed by atoms with E-state index in [1.165, 1.54) is 50.5 Å². The zero-order valence-corrected chi connectivity index (χ0v) is 20.3. The van der Waals surface area contributed by atoms with Crippen LogP contribution < -0.4 is 9.47 Å². The molecule has 1 aliphatic heterocycles. The fourth-order valence-corrected chi connectivity index (χ4v) is 3.76. The van der Waals surface area contributed by atoms with E-state index in [-0.39, 0.29) is 6.10 Å². The van der Waals surface area contributed by atoms with Gasteiger partial charge in [0, 0.05) is 6.21 Å². The Bertz CT molecular complexity index is 855. The third-order valence-corrected chi connectivity index (χ3v) is 5.92. The van der Waals surface area contributed by atoms with Crippen LogP contribution in [0.3, 0.4) is 0 Å². The lowest BCUT2D eigenvalue weighted by Crippen LogP contribution is -2.28. The van der Waals surface area contributed by atoms with Gasteiger partial charge >= 0.3 is 0 Å². The van der Waals surface area contributed by atoms with Crippen molar-refractivity contribution in [1.82, 2.24) is 0 Å². The average molecular weight is 450 g/mol. The number of ether oxygens (including phenoxy) is 3. The number of benzene rings is 2. The lowest BCUT2D eigenvalue weighted by Gasteiger charge is -2.23. The van der Waals surface area contributed by atoms with Gasteiger partial charge in [0.2, 0.25) is 0 Å². The molecule has 178 valence electrons. The van der Waals surface area contributed by atoms with Gasteiger partial charge in [0.05, 0.1) is 25.5 Å². The first-order chi connectivity index (χ1) is 16.2. The van der Waals surface area contributed by atoms with Crippen molar-refractivity contribution < 1.29 is 14.2 Å². The molecule has 4 heteroatoms. The molecule has 1 aliphatic rings. The first-order valence-electron chi connectivity index (χ1n) is 12.5. The van der Waals surface area contributed by atoms with Gasteiger partial charge < -0.3 is 14.2 Å². The lowest BCUT2D eigenvalue weighted by atomic mass is 10.1. The van der Waals surface area contributed by atoms with E-state index < -0.39 is 0 Å². The van der Waals surface area contributed by atoms with E-state index in [1.54, 1.807) is 0 Å². The minimum absolute atomic E-state index is 0.00505. The van der Waals surface area contributed by atoms with Crippen LogP contribution in [0.4, 0.5) is 5.69 Å². The topological polar surface area (TPSA) is 40.0 Å². The second-order valence-electron chi connectivity index (χ2n) is 8.74. The summed E-state index contributed by atoms with van der Waals surface area (Å²) in [5.41, 5.74) is 3.16. The molecule has 0 bridgehead atoms. The van der Waals surface area contributed by atoms with Crippen LogP contribution in [0.15, 0.2) is 65.2 Å². The molecule has 2 aromatic rings. The fraction of sp³-hybridized carbons (Fsp3) is 0.483. The highest BCUT2D eigenvalue weighted by Crippen LogP contribution is 2.21. The molecule has 2 aromatic carbocycles. The Kier molecular flexibility index (Phi) is 11.0. The van der Waals surface area contributed by atoms with Crippen LogP contribution in [-0.4, -0.2) is 32.1 Å². The normalized spacial score (nSPS) is 16.1. The summed E-state index contributed by atoms with van der Waals surface area (Å²) in [6.07, 6.45) is 14.4. The Balaban J connectivity index is 1.35. The standard InChI is InChI=1S/C29H39NO3/c1-3-4-5-6-7-8-9-10-20-32-27-17-13-26(14-18-27)30-22-25-11-15-28(16-12-25)33-29-23-31-21-19-24(29)2/h11-19,22,29H,3-10,20-21,23H2,1-2H3/t29-/m1/s1. The summed E-state index contributed by atoms with van der Waals surface area (Å²) in [5, 5.41) is 0. The maximum absolute atomic E-state index is 6.02. The third kappa shape index (κ3) is 9.43. The summed E-state index contributed by atoms with van der Waals surface area (Å²) >= 11 is 0. The summed E-state index contributed by atoms with van der Waals surface area (Å²) in [7, 11) is 0. The molecule has 0 aliphatic carbocycles. The van der Waals surface area contributed by atoms with Gasteiger partial charge in [-0.15, -0.1) is 0 Å². The SMILES string of the molecule is CCCCCCCCCCOc1ccc(N=Cc2ccc(O[C@@H]3COCC=C3C)cc2)cc1. The second-order valence-corrected chi connectivity index (χ2v) is 8.74. The van der Waals surface area contributed by atoms with Crippen LogP contribution in [0, 0.1) is 0 Å². The molecule has 3 rings (SSSR count). The Morgan fingerprint density at radius 3 is 2.24 bits per heavy atom. The monoisotopic (exact) mass is 449 g/mol. The highest BCUT2D eigenvalue weighted by Gasteiger charge is 2.16. The summed E-state index contributed by atoms with van der Waals surface area (Å²) < 4.78 is 17.4. The number of unbranched alkanes of at least 4 members (excludes halogenated alkanes) is 7. The van der Waals surface area contributed by atoms with E-state index in [0.29, 0.717) is 13.2 Å². The molecular formula is C29H39NO3. The Morgan fingerprint density at radius 2 is 1.55 bits per heavy atom. The highest BCUT2D eigenvalue weighted by atomic mass is 16.5. The molecule has 0 spiro atoms. The van der Waals surface area contributed by atoms with Crippen LogP contribution in [-0.2, 0) is 4.74 Å². The molecular weight excluding hydrogens is 410 g/mol. The molecule has 0 saturated heterocycles. The zero-order chi connectivity index (χ0) is 23.1. The van der Waals surface area contributed by atoms with Gasteiger partial charge in [0.15, 0.2) is 0 Å². The molecule has 0 amide bonds. The quantitative estimate of drug-likeness (QED) is 0.169. The number of aliphatic imine (C=N–C) groups is 1. The summed E-state index contributed by atoms with van der Waals surface area (Å²) in [4.78, 5) is 4.58. The second kappa shape index (κ2) is 14.5. The van der Waals surface area contributed by atoms with Crippen LogP contribution in [0.25, 0.3) is 0 Å². The number of nitrogens with zero attached hydrogens (tertiary/aromatic N) is 1. The highest BCUT2D eigenvalue weighted by molar-refractivity contribution is 5.82. The molecule has 4 nitrogen and oxygen atoms in total. The average Bonchev–Trinajstić information content (AvgIpc) is 2.85. The predicted molar refractivity (Wildman–Crippen MR) is 137 cm³/mol. The minimum Gasteiger partial charge on any atom is -0.494 e. The minimum atomic E-state index is -0.00505. The van der Waals surface area contributed by atoms with E-state index in [1.807, 2.05) is 54.7 Å². The van der Waals surface area contributed by atoms with Gasteiger partial charge in [0.1, 0.15) is 17.6 Å². The molecule has 0 radical (unpaired) electrons. The third-order valence-electron chi connectivity index (χ3n) is 5.92. The van der Waals surface area contributed by atoms with Gasteiger partial charge in [-0.1, -0.05) is 57.9 Å². The Hall–Kier alpha value is -2.59. The number of rotatable bonds is 14. The van der Waals surface area contributed by atoms with Gasteiger partial charge in [-0.3, -0.25) is 4.99 Å². The van der Waals surface area contributed by atoms with E-state index >= 15 is 0 Å². The van der Waals surface area contributed by atoms with E-state index in [9.17, 15) is 0 Å². The predicted octanol–water partition coefficient (Wildman–Crippen LogP) is 7.68. The van der Waals surface area contributed by atoms with Crippen molar-refractivity contribution in [1.29, 1.82) is 0 Å². The molecule has 0 fully saturated rings. The Labute approximate surface area is 199 Å². The fourth-order valence-electron chi connectivity index (χ4n) is 3.76. The van der Waals surface area contributed by atoms with Crippen LogP contribution in [0.5, 0.6) is 11.5 Å². The summed E-state index contributed by atoms with van der Waals surface area (Å²) in [6.45, 7) is 6.41. The van der Waals surface area contributed by atoms with E-state index in [2.05, 4.69) is 24.9 Å². The van der Waals surface area contributed by atoms with Crippen LogP contribution in [0.2, 0.25) is 0 Å². The van der Waals surface area contributed by atoms with Gasteiger partial charge in [-0.25, -0.2) is 0 Å². The zero-order valence-electron chi connectivity index (χ0n) is 20.3. The first-order valence-corrected chi connectivity index (χ1v) is 12.5. The van der Waals surface area contributed by atoms with E-state index in [4.69, 9.17) is 14.2 Å². The molecule has 1 heterocycles. The van der Waals surface area contributed by atoms with Gasteiger partial charge in [-0.2, -0.15) is 0 Å². The van der Waals surface area contributed by atoms with Crippen molar-refractivity contribution in [2.45, 2.75) is 71.3 Å². The maximum atomic E-state index is 6.02. The maximum Gasteiger partial charge on any atom is 0.143 e. The van der Waals surface area contributed by atoms with Crippen molar-refractivity contribution in [2.24, 2.45) is 4.99 Å². The van der Waals surface area contributed by atoms with Crippen LogP contribution >= 0.6 is 0 Å². The molecule has 0 N–H and O–H groups in total. The largest absolute Gasteiger partial charge is 0.494 e. The molecule has 33 heavy (non-hydrogen) atoms. The van der Waals surface area contributed by atoms with Gasteiger partial charge in [-0.05, 0) is 73.0 Å². The first kappa shape index (κ1) is 25.0. The molecule has 0 saturated carbocycles. The van der Waals surface area contributed by atoms with Crippen molar-refractivity contribution in [3.05, 3.63) is 65.7 Å². The van der Waals surface area contributed by atoms with Crippen molar-refractivity contribution >= 4 is 11.9 Å². The number of hydrogen-bond acceptors (Lipinski definition) is 4. The van der Waals surface area contributed by atoms with Crippen molar-refractivity contribution in [3.8, 4) is 11.5 Å². The van der Waals surface area contributed by atoms with Crippen molar-refractivity contribution in [2.75, 3.05) is 19.8 Å². The lowest BCUT2D eigenvalue weighted by molar-refractivity contribution is 0.0681. The van der Waals surface area contributed by atoms with Crippen molar-refractivity contribution in [3.63, 3.8) is 0 Å². The smallest absolute Gasteiger partial charge is 0.143 e. The molecule has 0 unspecified atom stereocenters. The summed E-state index contributed by atoms with van der Waals surface area (Å²) in [6, 6.07) is 16.0. The Morgan fingerprint density at radius 1 is 0.879 bits per heavy atom. The van der Waals surface area contributed by atoms with Crippen LogP contribution in [0.1, 0.15) is 70.8 Å². The number of hydrogen-bond donors (Lipinski definition) is 0. The summed E-state index contributed by atoms with van der Waals surface area (Å²) in [5.74, 6) is 1.75. The molecule has 0 aromatic heterocycles.